The normalized spacial score (nSPS) is 18.8. The number of aliphatic hydroxyl groups excluding tert-OH is 1. The third-order valence-electron chi connectivity index (χ3n) is 4.56. The molecule has 0 saturated carbocycles. The minimum Gasteiger partial charge on any atom is -0.496 e. The monoisotopic (exact) mass is 440 g/mol. The highest BCUT2D eigenvalue weighted by Gasteiger charge is 2.32. The Bertz CT molecular complexity index is 935. The zero-order valence-corrected chi connectivity index (χ0v) is 16.6. The van der Waals surface area contributed by atoms with E-state index in [0.717, 1.165) is 29.5 Å². The van der Waals surface area contributed by atoms with Crippen LogP contribution in [0.1, 0.15) is 27.0 Å². The van der Waals surface area contributed by atoms with Crippen molar-refractivity contribution in [2.45, 2.75) is 30.6 Å². The van der Waals surface area contributed by atoms with E-state index in [9.17, 15) is 27.9 Å². The Kier molecular flexibility index (Phi) is 6.57. The number of methoxy groups -OCH3 is 1. The summed E-state index contributed by atoms with van der Waals surface area (Å²) in [5.74, 6) is -0.125. The number of alkyl halides is 3. The van der Waals surface area contributed by atoms with E-state index in [0.29, 0.717) is 17.7 Å². The summed E-state index contributed by atoms with van der Waals surface area (Å²) in [5, 5.41) is 14.2. The van der Waals surface area contributed by atoms with Crippen molar-refractivity contribution in [2.24, 2.45) is 0 Å². The average molecular weight is 440 g/mol. The van der Waals surface area contributed by atoms with Crippen LogP contribution in [0.15, 0.2) is 42.5 Å². The topological polar surface area (TPSA) is 87.7 Å². The summed E-state index contributed by atoms with van der Waals surface area (Å²) in [6.45, 7) is 0.0416. The third kappa shape index (κ3) is 5.25. The molecule has 1 fully saturated rings. The van der Waals surface area contributed by atoms with Crippen LogP contribution in [-0.2, 0) is 19.1 Å². The number of ether oxygens (including phenoxy) is 1. The summed E-state index contributed by atoms with van der Waals surface area (Å²) in [6.07, 6.45) is -5.03. The highest BCUT2D eigenvalue weighted by atomic mass is 32.2. The molecular weight excluding hydrogens is 421 g/mol. The van der Waals surface area contributed by atoms with Gasteiger partial charge in [0.25, 0.3) is 11.1 Å². The van der Waals surface area contributed by atoms with Crippen molar-refractivity contribution in [1.82, 2.24) is 10.6 Å². The number of hydrogen-bond donors (Lipinski definition) is 3. The lowest BCUT2D eigenvalue weighted by Crippen LogP contribution is -2.31. The zero-order valence-electron chi connectivity index (χ0n) is 15.8. The van der Waals surface area contributed by atoms with Gasteiger partial charge in [-0.2, -0.15) is 13.2 Å². The van der Waals surface area contributed by atoms with E-state index in [1.165, 1.54) is 19.2 Å². The van der Waals surface area contributed by atoms with Crippen molar-refractivity contribution in [2.75, 3.05) is 7.11 Å². The molecule has 30 heavy (non-hydrogen) atoms. The predicted octanol–water partition coefficient (Wildman–Crippen LogP) is 3.33. The van der Waals surface area contributed by atoms with Gasteiger partial charge in [0.05, 0.1) is 23.5 Å². The van der Waals surface area contributed by atoms with Crippen LogP contribution in [0.2, 0.25) is 0 Å². The fourth-order valence-corrected chi connectivity index (χ4v) is 3.92. The van der Waals surface area contributed by atoms with Crippen LogP contribution in [-0.4, -0.2) is 34.8 Å². The zero-order chi connectivity index (χ0) is 21.9. The molecule has 160 valence electrons. The largest absolute Gasteiger partial charge is 0.496 e. The number of rotatable bonds is 6. The van der Waals surface area contributed by atoms with Crippen LogP contribution in [0.25, 0.3) is 0 Å². The van der Waals surface area contributed by atoms with Crippen LogP contribution < -0.4 is 15.4 Å². The predicted molar refractivity (Wildman–Crippen MR) is 105 cm³/mol. The molecule has 6 nitrogen and oxygen atoms in total. The lowest BCUT2D eigenvalue weighted by atomic mass is 10.0. The summed E-state index contributed by atoms with van der Waals surface area (Å²) in [4.78, 5) is 24.0. The first kappa shape index (κ1) is 22.0. The Hall–Kier alpha value is -2.72. The van der Waals surface area contributed by atoms with Crippen molar-refractivity contribution >= 4 is 22.9 Å². The SMILES string of the molecule is COc1ccc(CC2SC(=O)NC2O)cc1C(=O)NCc1ccc(C(F)(F)F)cc1. The molecule has 1 aliphatic rings. The molecule has 10 heteroatoms. The molecule has 1 heterocycles. The average Bonchev–Trinajstić information content (AvgIpc) is 3.02. The molecule has 2 unspecified atom stereocenters. The summed E-state index contributed by atoms with van der Waals surface area (Å²) in [7, 11) is 1.42. The number of halogens is 3. The molecule has 1 aliphatic heterocycles. The molecule has 3 N–H and O–H groups in total. The highest BCUT2D eigenvalue weighted by Crippen LogP contribution is 2.29. The molecule has 2 aromatic rings. The van der Waals surface area contributed by atoms with Gasteiger partial charge < -0.3 is 20.5 Å². The van der Waals surface area contributed by atoms with Crippen molar-refractivity contribution in [3.8, 4) is 5.75 Å². The maximum atomic E-state index is 12.6. The smallest absolute Gasteiger partial charge is 0.416 e. The van der Waals surface area contributed by atoms with Gasteiger partial charge in [0.1, 0.15) is 12.0 Å². The molecule has 1 saturated heterocycles. The number of nitrogens with one attached hydrogen (secondary N) is 2. The second-order valence-electron chi connectivity index (χ2n) is 6.65. The van der Waals surface area contributed by atoms with Crippen molar-refractivity contribution < 1.29 is 32.6 Å². The Labute approximate surface area is 174 Å². The number of aliphatic hydroxyl groups is 1. The minimum absolute atomic E-state index is 0.0416. The van der Waals surface area contributed by atoms with E-state index < -0.39 is 23.9 Å². The van der Waals surface area contributed by atoms with Crippen LogP contribution in [0.3, 0.4) is 0 Å². The maximum absolute atomic E-state index is 12.6. The van der Waals surface area contributed by atoms with Crippen LogP contribution >= 0.6 is 11.8 Å². The first-order valence-electron chi connectivity index (χ1n) is 8.94. The standard InChI is InChI=1S/C20H19F3N2O4S/c1-29-15-7-4-12(9-16-18(27)25-19(28)30-16)8-14(15)17(26)24-10-11-2-5-13(6-3-11)20(21,22)23/h2-8,16,18,27H,9-10H2,1H3,(H,24,26)(H,25,28). The molecular formula is C20H19F3N2O4S. The fraction of sp³-hybridized carbons (Fsp3) is 0.300. The third-order valence-corrected chi connectivity index (χ3v) is 5.62. The lowest BCUT2D eigenvalue weighted by Gasteiger charge is -2.15. The van der Waals surface area contributed by atoms with Gasteiger partial charge in [-0.3, -0.25) is 9.59 Å². The lowest BCUT2D eigenvalue weighted by molar-refractivity contribution is -0.137. The van der Waals surface area contributed by atoms with E-state index in [-0.39, 0.29) is 22.6 Å². The van der Waals surface area contributed by atoms with Crippen LogP contribution in [0.5, 0.6) is 5.75 Å². The summed E-state index contributed by atoms with van der Waals surface area (Å²) < 4.78 is 43.2. The molecule has 2 atom stereocenters. The molecule has 0 spiro atoms. The summed E-state index contributed by atoms with van der Waals surface area (Å²) >= 11 is 0.991. The molecule has 3 rings (SSSR count). The Morgan fingerprint density at radius 3 is 2.43 bits per heavy atom. The van der Waals surface area contributed by atoms with E-state index in [4.69, 9.17) is 4.74 Å². The number of amides is 2. The number of carbonyl (C=O) groups is 2. The first-order chi connectivity index (χ1) is 14.2. The Morgan fingerprint density at radius 1 is 1.20 bits per heavy atom. The van der Waals surface area contributed by atoms with E-state index >= 15 is 0 Å². The van der Waals surface area contributed by atoms with E-state index in [1.807, 2.05) is 0 Å². The van der Waals surface area contributed by atoms with Gasteiger partial charge in [0.15, 0.2) is 0 Å². The second kappa shape index (κ2) is 8.97. The quantitative estimate of drug-likeness (QED) is 0.642. The number of carbonyl (C=O) groups excluding carboxylic acids is 2. The first-order valence-corrected chi connectivity index (χ1v) is 9.82. The molecule has 2 aromatic carbocycles. The van der Waals surface area contributed by atoms with Crippen molar-refractivity contribution in [3.05, 3.63) is 64.7 Å². The maximum Gasteiger partial charge on any atom is 0.416 e. The van der Waals surface area contributed by atoms with Crippen LogP contribution in [0.4, 0.5) is 18.0 Å². The van der Waals surface area contributed by atoms with Gasteiger partial charge in [0.2, 0.25) is 0 Å². The molecule has 0 aliphatic carbocycles. The second-order valence-corrected chi connectivity index (χ2v) is 7.86. The summed E-state index contributed by atoms with van der Waals surface area (Å²) in [6, 6.07) is 9.49. The molecule has 0 radical (unpaired) electrons. The minimum atomic E-state index is -4.42. The van der Waals surface area contributed by atoms with E-state index in [1.54, 1.807) is 18.2 Å². The van der Waals surface area contributed by atoms with Gasteiger partial charge in [0, 0.05) is 6.54 Å². The van der Waals surface area contributed by atoms with E-state index in [2.05, 4.69) is 10.6 Å². The van der Waals surface area contributed by atoms with Gasteiger partial charge in [-0.1, -0.05) is 30.0 Å². The highest BCUT2D eigenvalue weighted by molar-refractivity contribution is 8.14. The Morgan fingerprint density at radius 2 is 1.87 bits per heavy atom. The number of thioether (sulfide) groups is 1. The number of benzene rings is 2. The van der Waals surface area contributed by atoms with Crippen molar-refractivity contribution in [1.29, 1.82) is 0 Å². The molecule has 2 amide bonds. The molecule has 0 bridgehead atoms. The van der Waals surface area contributed by atoms with Gasteiger partial charge in [-0.05, 0) is 41.8 Å². The fourth-order valence-electron chi connectivity index (χ4n) is 2.98. The number of hydrogen-bond acceptors (Lipinski definition) is 5. The van der Waals surface area contributed by atoms with Crippen molar-refractivity contribution in [3.63, 3.8) is 0 Å². The molecule has 0 aromatic heterocycles. The summed E-state index contributed by atoms with van der Waals surface area (Å²) in [5.41, 5.74) is 0.732. The Balaban J connectivity index is 1.69. The van der Waals surface area contributed by atoms with Gasteiger partial charge in [-0.15, -0.1) is 0 Å². The van der Waals surface area contributed by atoms with Crippen LogP contribution in [0, 0.1) is 0 Å². The van der Waals surface area contributed by atoms with Gasteiger partial charge >= 0.3 is 6.18 Å². The van der Waals surface area contributed by atoms with Gasteiger partial charge in [-0.25, -0.2) is 0 Å².